The third-order valence-electron chi connectivity index (χ3n) is 6.47. The number of benzene rings is 4. The molecule has 4 aromatic rings. The summed E-state index contributed by atoms with van der Waals surface area (Å²) in [5.41, 5.74) is 4.83. The first-order valence-corrected chi connectivity index (χ1v) is 11.1. The molecule has 0 radical (unpaired) electrons. The van der Waals surface area contributed by atoms with Gasteiger partial charge in [0.15, 0.2) is 11.8 Å². The van der Waals surface area contributed by atoms with Crippen molar-refractivity contribution in [1.29, 1.82) is 0 Å². The molecule has 4 aromatic carbocycles. The van der Waals surface area contributed by atoms with E-state index in [2.05, 4.69) is 72.8 Å². The molecule has 158 valence electrons. The lowest BCUT2D eigenvalue weighted by atomic mass is 9.83. The molecule has 0 aromatic heterocycles. The first-order chi connectivity index (χ1) is 15.7. The highest BCUT2D eigenvalue weighted by molar-refractivity contribution is 6.08. The Morgan fingerprint density at radius 2 is 1.03 bits per heavy atom. The van der Waals surface area contributed by atoms with Crippen molar-refractivity contribution in [1.82, 2.24) is 0 Å². The fourth-order valence-corrected chi connectivity index (χ4v) is 5.00. The number of nitrogens with zero attached hydrogens (tertiary/aromatic N) is 2. The maximum absolute atomic E-state index is 5.76. The summed E-state index contributed by atoms with van der Waals surface area (Å²) in [4.78, 5) is 9.63. The molecule has 2 heterocycles. The van der Waals surface area contributed by atoms with Crippen LogP contribution in [0.25, 0.3) is 32.7 Å². The predicted octanol–water partition coefficient (Wildman–Crippen LogP) is 6.64. The van der Waals surface area contributed by atoms with Crippen LogP contribution in [-0.2, 0) is 9.47 Å². The van der Waals surface area contributed by atoms with Gasteiger partial charge in [-0.1, -0.05) is 72.8 Å². The molecule has 0 fully saturated rings. The largest absolute Gasteiger partial charge is 0.479 e. The Kier molecular flexibility index (Phi) is 4.46. The maximum Gasteiger partial charge on any atom is 0.180 e. The van der Waals surface area contributed by atoms with Crippen LogP contribution in [0.4, 0.5) is 0 Å². The Labute approximate surface area is 187 Å². The monoisotopic (exact) mass is 420 g/mol. The van der Waals surface area contributed by atoms with Crippen molar-refractivity contribution in [3.8, 4) is 11.1 Å². The van der Waals surface area contributed by atoms with Crippen molar-refractivity contribution in [2.24, 2.45) is 9.98 Å². The van der Waals surface area contributed by atoms with Crippen LogP contribution in [0.3, 0.4) is 0 Å². The summed E-state index contributed by atoms with van der Waals surface area (Å²) >= 11 is 0. The highest BCUT2D eigenvalue weighted by Gasteiger charge is 2.28. The molecule has 6 rings (SSSR count). The Balaban J connectivity index is 1.73. The van der Waals surface area contributed by atoms with Gasteiger partial charge < -0.3 is 9.47 Å². The Morgan fingerprint density at radius 1 is 0.594 bits per heavy atom. The molecule has 0 bridgehead atoms. The summed E-state index contributed by atoms with van der Waals surface area (Å²) < 4.78 is 11.5. The van der Waals surface area contributed by atoms with Crippen molar-refractivity contribution in [3.05, 3.63) is 83.9 Å². The van der Waals surface area contributed by atoms with E-state index in [1.54, 1.807) is 0 Å². The number of hydrogen-bond acceptors (Lipinski definition) is 4. The second-order valence-corrected chi connectivity index (χ2v) is 8.45. The molecule has 0 saturated carbocycles. The van der Waals surface area contributed by atoms with Crippen LogP contribution in [0.2, 0.25) is 0 Å². The van der Waals surface area contributed by atoms with Crippen LogP contribution in [0.15, 0.2) is 82.8 Å². The highest BCUT2D eigenvalue weighted by Crippen LogP contribution is 2.45. The standard InChI is InChI=1S/C28H24N2O2/c1-17-29-25(15-31-17)23-13-11-19-7-3-5-9-21(19)27(23)28-22-10-6-4-8-20(22)12-14-24(28)26-16-32-18(2)30-26/h3-14,25-26H,15-16H2,1-2H3/t25-,26-/m1/s1. The van der Waals surface area contributed by atoms with E-state index < -0.39 is 0 Å². The van der Waals surface area contributed by atoms with Gasteiger partial charge in [0, 0.05) is 13.8 Å². The molecule has 2 atom stereocenters. The Morgan fingerprint density at radius 3 is 1.44 bits per heavy atom. The lowest BCUT2D eigenvalue weighted by Gasteiger charge is -2.22. The summed E-state index contributed by atoms with van der Waals surface area (Å²) in [6, 6.07) is 26.0. The molecule has 2 aliphatic rings. The predicted molar refractivity (Wildman–Crippen MR) is 130 cm³/mol. The molecule has 4 heteroatoms. The van der Waals surface area contributed by atoms with E-state index in [0.29, 0.717) is 13.2 Å². The fourth-order valence-electron chi connectivity index (χ4n) is 5.00. The van der Waals surface area contributed by atoms with Gasteiger partial charge in [0.1, 0.15) is 25.3 Å². The van der Waals surface area contributed by atoms with Gasteiger partial charge >= 0.3 is 0 Å². The SMILES string of the molecule is CC1=N[C@@H](c2ccc3ccccc3c2-c2c([C@H]3COC(C)=N3)ccc3ccccc23)CO1. The van der Waals surface area contributed by atoms with Gasteiger partial charge in [-0.15, -0.1) is 0 Å². The number of aliphatic imine (C=N–C) groups is 2. The van der Waals surface area contributed by atoms with Crippen molar-refractivity contribution in [2.45, 2.75) is 25.9 Å². The lowest BCUT2D eigenvalue weighted by molar-refractivity contribution is 0.316. The van der Waals surface area contributed by atoms with Crippen molar-refractivity contribution < 1.29 is 9.47 Å². The van der Waals surface area contributed by atoms with Gasteiger partial charge in [-0.25, -0.2) is 9.98 Å². The minimum Gasteiger partial charge on any atom is -0.479 e. The highest BCUT2D eigenvalue weighted by atomic mass is 16.5. The van der Waals surface area contributed by atoms with E-state index in [-0.39, 0.29) is 12.1 Å². The van der Waals surface area contributed by atoms with Gasteiger partial charge in [0.2, 0.25) is 0 Å². The summed E-state index contributed by atoms with van der Waals surface area (Å²) in [5, 5.41) is 4.88. The molecule has 0 amide bonds. The average molecular weight is 421 g/mol. The van der Waals surface area contributed by atoms with Crippen LogP contribution >= 0.6 is 0 Å². The van der Waals surface area contributed by atoms with Crippen LogP contribution < -0.4 is 0 Å². The number of rotatable bonds is 3. The maximum atomic E-state index is 5.76. The third kappa shape index (κ3) is 3.06. The quantitative estimate of drug-likeness (QED) is 0.373. The zero-order valence-electron chi connectivity index (χ0n) is 18.2. The fraction of sp³-hybridized carbons (Fsp3) is 0.214. The van der Waals surface area contributed by atoms with Crippen LogP contribution in [0, 0.1) is 0 Å². The van der Waals surface area contributed by atoms with E-state index in [4.69, 9.17) is 19.5 Å². The van der Waals surface area contributed by atoms with Gasteiger partial charge in [0.25, 0.3) is 0 Å². The smallest absolute Gasteiger partial charge is 0.180 e. The van der Waals surface area contributed by atoms with E-state index in [1.165, 1.54) is 43.8 Å². The average Bonchev–Trinajstić information content (AvgIpc) is 3.46. The van der Waals surface area contributed by atoms with Crippen molar-refractivity contribution >= 4 is 33.3 Å². The lowest BCUT2D eigenvalue weighted by Crippen LogP contribution is -2.05. The van der Waals surface area contributed by atoms with Crippen LogP contribution in [0.1, 0.15) is 37.1 Å². The molecule has 0 N–H and O–H groups in total. The molecular formula is C28H24N2O2. The zero-order chi connectivity index (χ0) is 21.7. The van der Waals surface area contributed by atoms with E-state index in [9.17, 15) is 0 Å². The summed E-state index contributed by atoms with van der Waals surface area (Å²) in [7, 11) is 0. The normalized spacial score (nSPS) is 20.2. The Hall–Kier alpha value is -3.66. The number of hydrogen-bond donors (Lipinski definition) is 0. The topological polar surface area (TPSA) is 43.2 Å². The van der Waals surface area contributed by atoms with Crippen molar-refractivity contribution in [2.75, 3.05) is 13.2 Å². The van der Waals surface area contributed by atoms with E-state index in [1.807, 2.05) is 13.8 Å². The number of ether oxygens (including phenoxy) is 2. The van der Waals surface area contributed by atoms with E-state index >= 15 is 0 Å². The second-order valence-electron chi connectivity index (χ2n) is 8.45. The molecule has 4 nitrogen and oxygen atoms in total. The molecule has 0 saturated heterocycles. The first-order valence-electron chi connectivity index (χ1n) is 11.1. The van der Waals surface area contributed by atoms with Gasteiger partial charge in [-0.2, -0.15) is 0 Å². The zero-order valence-corrected chi connectivity index (χ0v) is 18.2. The third-order valence-corrected chi connectivity index (χ3v) is 6.47. The van der Waals surface area contributed by atoms with E-state index in [0.717, 1.165) is 11.8 Å². The van der Waals surface area contributed by atoms with Crippen molar-refractivity contribution in [3.63, 3.8) is 0 Å². The first kappa shape index (κ1) is 19.1. The number of fused-ring (bicyclic) bond motifs is 2. The minimum absolute atomic E-state index is 0.0218. The molecule has 32 heavy (non-hydrogen) atoms. The minimum atomic E-state index is -0.0218. The molecule has 0 spiro atoms. The Bertz CT molecular complexity index is 1310. The summed E-state index contributed by atoms with van der Waals surface area (Å²) in [6.45, 7) is 5.00. The summed E-state index contributed by atoms with van der Waals surface area (Å²) in [6.07, 6.45) is 0. The van der Waals surface area contributed by atoms with Crippen LogP contribution in [-0.4, -0.2) is 25.0 Å². The van der Waals surface area contributed by atoms with Gasteiger partial charge in [0.05, 0.1) is 0 Å². The summed E-state index contributed by atoms with van der Waals surface area (Å²) in [5.74, 6) is 1.49. The van der Waals surface area contributed by atoms with Gasteiger partial charge in [-0.05, 0) is 43.8 Å². The molecule has 0 aliphatic carbocycles. The van der Waals surface area contributed by atoms with Gasteiger partial charge in [-0.3, -0.25) is 0 Å². The molecular weight excluding hydrogens is 396 g/mol. The van der Waals surface area contributed by atoms with Crippen LogP contribution in [0.5, 0.6) is 0 Å². The molecule has 0 unspecified atom stereocenters. The second kappa shape index (κ2) is 7.49. The molecule has 2 aliphatic heterocycles.